The molecule has 1 unspecified atom stereocenters. The van der Waals surface area contributed by atoms with Crippen molar-refractivity contribution in [3.63, 3.8) is 0 Å². The molecule has 0 N–H and O–H groups in total. The number of carbonyl (C=O) groups is 1. The second kappa shape index (κ2) is 6.67. The summed E-state index contributed by atoms with van der Waals surface area (Å²) in [6.45, 7) is 2.74. The molecule has 0 bridgehead atoms. The number of hydrogen-bond acceptors (Lipinski definition) is 6. The van der Waals surface area contributed by atoms with Crippen LogP contribution in [0.4, 0.5) is 0 Å². The van der Waals surface area contributed by atoms with Gasteiger partial charge in [0.1, 0.15) is 18.3 Å². The zero-order chi connectivity index (χ0) is 14.6. The fourth-order valence-electron chi connectivity index (χ4n) is 2.63. The molecule has 0 amide bonds. The highest BCUT2D eigenvalue weighted by atomic mass is 16.8. The van der Waals surface area contributed by atoms with Gasteiger partial charge in [-0.25, -0.2) is 0 Å². The number of carbonyl (C=O) groups excluding carboxylic acids is 1. The van der Waals surface area contributed by atoms with Crippen LogP contribution in [0.5, 0.6) is 0 Å². The van der Waals surface area contributed by atoms with E-state index < -0.39 is 5.79 Å². The zero-order valence-electron chi connectivity index (χ0n) is 12.2. The fraction of sp³-hybridized carbons (Fsp3) is 0.786. The molecule has 2 rings (SSSR count). The minimum absolute atomic E-state index is 0.0599. The Kier molecular flexibility index (Phi) is 5.15. The monoisotopic (exact) mass is 286 g/mol. The molecule has 0 aromatic heterocycles. The SMILES string of the molecule is COC[C@@H]1OC(C)(CC2CC(=O)C=CO2)O[C@H]1COC. The summed E-state index contributed by atoms with van der Waals surface area (Å²) in [6.07, 6.45) is 3.14. The number of methoxy groups -OCH3 is 2. The molecule has 6 heteroatoms. The molecular weight excluding hydrogens is 264 g/mol. The van der Waals surface area contributed by atoms with E-state index in [1.807, 2.05) is 6.92 Å². The maximum Gasteiger partial charge on any atom is 0.170 e. The Labute approximate surface area is 119 Å². The van der Waals surface area contributed by atoms with Crippen molar-refractivity contribution in [3.8, 4) is 0 Å². The van der Waals surface area contributed by atoms with Gasteiger partial charge in [-0.1, -0.05) is 0 Å². The molecule has 114 valence electrons. The Balaban J connectivity index is 1.96. The average Bonchev–Trinajstić information content (AvgIpc) is 2.66. The predicted molar refractivity (Wildman–Crippen MR) is 70.2 cm³/mol. The van der Waals surface area contributed by atoms with Gasteiger partial charge in [0.25, 0.3) is 0 Å². The van der Waals surface area contributed by atoms with Crippen LogP contribution in [0.2, 0.25) is 0 Å². The number of rotatable bonds is 6. The third kappa shape index (κ3) is 3.79. The molecule has 2 aliphatic heterocycles. The smallest absolute Gasteiger partial charge is 0.170 e. The minimum atomic E-state index is -0.789. The van der Waals surface area contributed by atoms with Crippen molar-refractivity contribution in [2.75, 3.05) is 27.4 Å². The van der Waals surface area contributed by atoms with Crippen molar-refractivity contribution in [1.82, 2.24) is 0 Å². The number of hydrogen-bond donors (Lipinski definition) is 0. The lowest BCUT2D eigenvalue weighted by Gasteiger charge is -2.29. The quantitative estimate of drug-likeness (QED) is 0.727. The molecule has 0 saturated carbocycles. The molecule has 0 aromatic carbocycles. The van der Waals surface area contributed by atoms with E-state index in [0.29, 0.717) is 26.1 Å². The Hall–Kier alpha value is -0.950. The molecule has 0 radical (unpaired) electrons. The van der Waals surface area contributed by atoms with Crippen molar-refractivity contribution < 1.29 is 28.5 Å². The van der Waals surface area contributed by atoms with Crippen molar-refractivity contribution in [1.29, 1.82) is 0 Å². The van der Waals surface area contributed by atoms with Crippen LogP contribution in [0, 0.1) is 0 Å². The second-order valence-corrected chi connectivity index (χ2v) is 5.29. The van der Waals surface area contributed by atoms with Gasteiger partial charge in [0.2, 0.25) is 0 Å². The van der Waals surface area contributed by atoms with Crippen molar-refractivity contribution >= 4 is 5.78 Å². The molecule has 0 aromatic rings. The van der Waals surface area contributed by atoms with Gasteiger partial charge in [0.15, 0.2) is 11.6 Å². The fourth-order valence-corrected chi connectivity index (χ4v) is 2.63. The normalized spacial score (nSPS) is 32.4. The molecule has 1 fully saturated rings. The minimum Gasteiger partial charge on any atom is -0.497 e. The summed E-state index contributed by atoms with van der Waals surface area (Å²) in [6, 6.07) is 0. The summed E-state index contributed by atoms with van der Waals surface area (Å²) in [4.78, 5) is 11.4. The zero-order valence-corrected chi connectivity index (χ0v) is 12.2. The van der Waals surface area contributed by atoms with Crippen LogP contribution in [0.3, 0.4) is 0 Å². The summed E-state index contributed by atoms with van der Waals surface area (Å²) >= 11 is 0. The molecule has 0 spiro atoms. The molecule has 1 saturated heterocycles. The van der Waals surface area contributed by atoms with Gasteiger partial charge in [-0.05, 0) is 6.92 Å². The van der Waals surface area contributed by atoms with Gasteiger partial charge in [0.05, 0.1) is 19.5 Å². The van der Waals surface area contributed by atoms with Crippen LogP contribution in [0.1, 0.15) is 19.8 Å². The van der Waals surface area contributed by atoms with E-state index in [-0.39, 0.29) is 24.1 Å². The largest absolute Gasteiger partial charge is 0.497 e. The van der Waals surface area contributed by atoms with Crippen LogP contribution in [-0.2, 0) is 28.5 Å². The summed E-state index contributed by atoms with van der Waals surface area (Å²) < 4.78 is 27.6. The van der Waals surface area contributed by atoms with E-state index >= 15 is 0 Å². The van der Waals surface area contributed by atoms with Crippen molar-refractivity contribution in [2.45, 2.75) is 43.9 Å². The Morgan fingerprint density at radius 3 is 2.35 bits per heavy atom. The van der Waals surface area contributed by atoms with E-state index in [2.05, 4.69) is 0 Å². The Morgan fingerprint density at radius 2 is 1.85 bits per heavy atom. The third-order valence-electron chi connectivity index (χ3n) is 3.43. The van der Waals surface area contributed by atoms with Gasteiger partial charge in [-0.3, -0.25) is 4.79 Å². The van der Waals surface area contributed by atoms with Crippen molar-refractivity contribution in [3.05, 3.63) is 12.3 Å². The molecule has 0 aliphatic carbocycles. The van der Waals surface area contributed by atoms with Gasteiger partial charge >= 0.3 is 0 Å². The van der Waals surface area contributed by atoms with Crippen LogP contribution < -0.4 is 0 Å². The molecule has 20 heavy (non-hydrogen) atoms. The highest BCUT2D eigenvalue weighted by Crippen LogP contribution is 2.34. The van der Waals surface area contributed by atoms with E-state index in [9.17, 15) is 4.79 Å². The molecule has 3 atom stereocenters. The number of allylic oxidation sites excluding steroid dienone is 1. The number of ketones is 1. The van der Waals surface area contributed by atoms with Crippen molar-refractivity contribution in [2.24, 2.45) is 0 Å². The maximum absolute atomic E-state index is 11.4. The second-order valence-electron chi connectivity index (χ2n) is 5.29. The van der Waals surface area contributed by atoms with Gasteiger partial charge < -0.3 is 23.7 Å². The lowest BCUT2D eigenvalue weighted by molar-refractivity contribution is -0.186. The first-order valence-electron chi connectivity index (χ1n) is 6.74. The Morgan fingerprint density at radius 1 is 1.25 bits per heavy atom. The lowest BCUT2D eigenvalue weighted by Crippen LogP contribution is -2.35. The topological polar surface area (TPSA) is 63.2 Å². The summed E-state index contributed by atoms with van der Waals surface area (Å²) in [5.41, 5.74) is 0. The first-order valence-corrected chi connectivity index (χ1v) is 6.74. The highest BCUT2D eigenvalue weighted by molar-refractivity contribution is 5.90. The Bertz CT molecular complexity index is 353. The van der Waals surface area contributed by atoms with Crippen LogP contribution in [0.15, 0.2) is 12.3 Å². The van der Waals surface area contributed by atoms with Gasteiger partial charge in [0, 0.05) is 33.1 Å². The third-order valence-corrected chi connectivity index (χ3v) is 3.43. The van der Waals surface area contributed by atoms with Crippen LogP contribution >= 0.6 is 0 Å². The molecule has 2 heterocycles. The molecule has 2 aliphatic rings. The summed E-state index contributed by atoms with van der Waals surface area (Å²) in [5, 5.41) is 0. The summed E-state index contributed by atoms with van der Waals surface area (Å²) in [7, 11) is 3.24. The van der Waals surface area contributed by atoms with Gasteiger partial charge in [-0.15, -0.1) is 0 Å². The van der Waals surface area contributed by atoms with E-state index in [1.54, 1.807) is 14.2 Å². The molecular formula is C14H22O6. The number of ether oxygens (including phenoxy) is 5. The van der Waals surface area contributed by atoms with E-state index in [1.165, 1.54) is 12.3 Å². The average molecular weight is 286 g/mol. The standard InChI is InChI=1S/C14H22O6/c1-14(7-11-6-10(15)4-5-18-11)19-12(8-16-2)13(20-14)9-17-3/h4-5,11-13H,6-9H2,1-3H3/t11?,12-,13-/m0/s1. The van der Waals surface area contributed by atoms with E-state index in [0.717, 1.165) is 0 Å². The van der Waals surface area contributed by atoms with Crippen LogP contribution in [0.25, 0.3) is 0 Å². The van der Waals surface area contributed by atoms with Crippen LogP contribution in [-0.4, -0.2) is 57.3 Å². The van der Waals surface area contributed by atoms with E-state index in [4.69, 9.17) is 23.7 Å². The molecule has 6 nitrogen and oxygen atoms in total. The lowest BCUT2D eigenvalue weighted by atomic mass is 10.0. The first kappa shape index (κ1) is 15.4. The predicted octanol–water partition coefficient (Wildman–Crippen LogP) is 1.04. The maximum atomic E-state index is 11.4. The summed E-state index contributed by atoms with van der Waals surface area (Å²) in [5.74, 6) is -0.729. The van der Waals surface area contributed by atoms with Gasteiger partial charge in [-0.2, -0.15) is 0 Å². The first-order chi connectivity index (χ1) is 9.56. The highest BCUT2D eigenvalue weighted by Gasteiger charge is 2.46.